The fourth-order valence-corrected chi connectivity index (χ4v) is 0.911. The molecule has 1 saturated heterocycles. The van der Waals surface area contributed by atoms with Crippen molar-refractivity contribution in [1.29, 1.82) is 0 Å². The maximum atomic E-state index is 11.3. The number of nitrogens with zero attached hydrogens (tertiary/aromatic N) is 1. The highest BCUT2D eigenvalue weighted by molar-refractivity contribution is 7.20. The van der Waals surface area contributed by atoms with E-state index in [4.69, 9.17) is 0 Å². The molecular weight excluding hydrogens is 205 g/mol. The van der Waals surface area contributed by atoms with E-state index in [-0.39, 0.29) is 12.8 Å². The van der Waals surface area contributed by atoms with Crippen LogP contribution in [-0.2, 0) is 19.2 Å². The van der Waals surface area contributed by atoms with Gasteiger partial charge in [0.15, 0.2) is 0 Å². The topological polar surface area (TPSA) is 63.7 Å². The molecule has 1 aliphatic heterocycles. The lowest BCUT2D eigenvalue weighted by atomic mass is 10.2. The van der Waals surface area contributed by atoms with Gasteiger partial charge in [0.25, 0.3) is 11.8 Å². The zero-order valence-corrected chi connectivity index (χ0v) is 9.23. The molecule has 0 spiro atoms. The first kappa shape index (κ1) is 11.1. The fourth-order valence-electron chi connectivity index (χ4n) is 0.858. The van der Waals surface area contributed by atoms with E-state index in [1.165, 1.54) is 0 Å². The summed E-state index contributed by atoms with van der Waals surface area (Å²) in [5.41, 5.74) is 0. The maximum absolute atomic E-state index is 11.3. The molecule has 14 heavy (non-hydrogen) atoms. The number of hydrogen-bond donors (Lipinski definition) is 0. The van der Waals surface area contributed by atoms with Crippen LogP contribution in [0.5, 0.6) is 0 Å². The molecular formula is C8H12NO4P. The summed E-state index contributed by atoms with van der Waals surface area (Å²) in [6.45, 7) is 3.23. The molecule has 6 heteroatoms. The van der Waals surface area contributed by atoms with E-state index in [1.54, 1.807) is 13.8 Å². The van der Waals surface area contributed by atoms with Gasteiger partial charge in [0, 0.05) is 12.8 Å². The van der Waals surface area contributed by atoms with Gasteiger partial charge >= 0.3 is 5.97 Å². The Kier molecular flexibility index (Phi) is 2.90. The van der Waals surface area contributed by atoms with Gasteiger partial charge in [-0.2, -0.15) is 0 Å². The number of rotatable bonds is 2. The summed E-state index contributed by atoms with van der Waals surface area (Å²) in [5, 5.41) is -0.253. The van der Waals surface area contributed by atoms with Crippen LogP contribution in [0.2, 0.25) is 0 Å². The minimum Gasteiger partial charge on any atom is -0.329 e. The maximum Gasteiger partial charge on any atom is 0.342 e. The van der Waals surface area contributed by atoms with Gasteiger partial charge in [0.2, 0.25) is 0 Å². The first-order valence-corrected chi connectivity index (χ1v) is 4.77. The van der Waals surface area contributed by atoms with E-state index in [0.717, 1.165) is 0 Å². The molecule has 1 atom stereocenters. The molecule has 1 aliphatic rings. The van der Waals surface area contributed by atoms with Crippen LogP contribution >= 0.6 is 9.24 Å². The van der Waals surface area contributed by atoms with Crippen molar-refractivity contribution in [3.8, 4) is 0 Å². The Bertz CT molecular complexity index is 278. The zero-order chi connectivity index (χ0) is 10.9. The second-order valence-electron chi connectivity index (χ2n) is 3.68. The second-order valence-corrected chi connectivity index (χ2v) is 5.13. The third-order valence-electron chi connectivity index (χ3n) is 1.71. The van der Waals surface area contributed by atoms with Gasteiger partial charge in [-0.05, 0) is 13.8 Å². The SMILES string of the molecule is CC(C)(P)C(=O)ON1C(=O)CCC1=O. The number of hydroxylamine groups is 2. The van der Waals surface area contributed by atoms with Crippen molar-refractivity contribution in [1.82, 2.24) is 5.06 Å². The van der Waals surface area contributed by atoms with Crippen LogP contribution in [0.4, 0.5) is 0 Å². The molecule has 1 fully saturated rings. The molecule has 1 rings (SSSR count). The average Bonchev–Trinajstić information content (AvgIpc) is 2.34. The van der Waals surface area contributed by atoms with E-state index in [9.17, 15) is 14.4 Å². The van der Waals surface area contributed by atoms with Gasteiger partial charge in [0.05, 0.1) is 5.16 Å². The van der Waals surface area contributed by atoms with Crippen molar-refractivity contribution >= 4 is 27.0 Å². The highest BCUT2D eigenvalue weighted by atomic mass is 31.0. The van der Waals surface area contributed by atoms with E-state index < -0.39 is 22.9 Å². The Morgan fingerprint density at radius 2 is 1.79 bits per heavy atom. The van der Waals surface area contributed by atoms with Gasteiger partial charge in [-0.15, -0.1) is 14.3 Å². The molecule has 0 aromatic carbocycles. The number of carbonyl (C=O) groups is 3. The van der Waals surface area contributed by atoms with Crippen molar-refractivity contribution < 1.29 is 19.2 Å². The smallest absolute Gasteiger partial charge is 0.329 e. The summed E-state index contributed by atoms with van der Waals surface area (Å²) in [4.78, 5) is 38.1. The first-order chi connectivity index (χ1) is 6.32. The Labute approximate surface area is 83.9 Å². The molecule has 5 nitrogen and oxygen atoms in total. The van der Waals surface area contributed by atoms with Gasteiger partial charge in [-0.25, -0.2) is 4.79 Å². The van der Waals surface area contributed by atoms with E-state index in [1.807, 2.05) is 0 Å². The highest BCUT2D eigenvalue weighted by Gasteiger charge is 2.35. The van der Waals surface area contributed by atoms with Crippen LogP contribution in [0, 0.1) is 0 Å². The van der Waals surface area contributed by atoms with Crippen LogP contribution in [0.15, 0.2) is 0 Å². The molecule has 78 valence electrons. The predicted octanol–water partition coefficient (Wildman–Crippen LogP) is 0.247. The molecule has 0 saturated carbocycles. The molecule has 1 heterocycles. The number of imide groups is 1. The third-order valence-corrected chi connectivity index (χ3v) is 1.94. The summed E-state index contributed by atoms with van der Waals surface area (Å²) >= 11 is 0. The predicted molar refractivity (Wildman–Crippen MR) is 51.0 cm³/mol. The van der Waals surface area contributed by atoms with Crippen LogP contribution in [-0.4, -0.2) is 28.0 Å². The minimum atomic E-state index is -0.802. The van der Waals surface area contributed by atoms with Gasteiger partial charge in [0.1, 0.15) is 0 Å². The quantitative estimate of drug-likeness (QED) is 0.491. The Morgan fingerprint density at radius 1 is 1.36 bits per heavy atom. The number of carbonyl (C=O) groups excluding carboxylic acids is 3. The molecule has 0 aromatic heterocycles. The number of amides is 2. The summed E-state index contributed by atoms with van der Waals surface area (Å²) in [6, 6.07) is 0. The van der Waals surface area contributed by atoms with Crippen molar-refractivity contribution in [3.05, 3.63) is 0 Å². The van der Waals surface area contributed by atoms with Crippen molar-refractivity contribution in [2.24, 2.45) is 0 Å². The van der Waals surface area contributed by atoms with E-state index >= 15 is 0 Å². The van der Waals surface area contributed by atoms with Crippen molar-refractivity contribution in [3.63, 3.8) is 0 Å². The third kappa shape index (κ3) is 2.29. The monoisotopic (exact) mass is 217 g/mol. The lowest BCUT2D eigenvalue weighted by molar-refractivity contribution is -0.198. The highest BCUT2D eigenvalue weighted by Crippen LogP contribution is 2.21. The van der Waals surface area contributed by atoms with Crippen molar-refractivity contribution in [2.45, 2.75) is 31.8 Å². The summed E-state index contributed by atoms with van der Waals surface area (Å²) in [6.07, 6.45) is 0.229. The largest absolute Gasteiger partial charge is 0.342 e. The Morgan fingerprint density at radius 3 is 2.14 bits per heavy atom. The Balaban J connectivity index is 2.65. The fraction of sp³-hybridized carbons (Fsp3) is 0.625. The Hall–Kier alpha value is -0.960. The lowest BCUT2D eigenvalue weighted by Crippen LogP contribution is -2.38. The molecule has 0 N–H and O–H groups in total. The van der Waals surface area contributed by atoms with Gasteiger partial charge in [-0.3, -0.25) is 9.59 Å². The van der Waals surface area contributed by atoms with E-state index in [0.29, 0.717) is 5.06 Å². The average molecular weight is 217 g/mol. The van der Waals surface area contributed by atoms with E-state index in [2.05, 4.69) is 14.1 Å². The standard InChI is InChI=1S/C8H12NO4P/c1-8(2,14)7(12)13-9-5(10)3-4-6(9)11/h3-4,14H2,1-2H3. The van der Waals surface area contributed by atoms with Gasteiger partial charge in [-0.1, -0.05) is 0 Å². The summed E-state index contributed by atoms with van der Waals surface area (Å²) in [5.74, 6) is -1.54. The second kappa shape index (κ2) is 3.65. The minimum absolute atomic E-state index is 0.114. The molecule has 0 aliphatic carbocycles. The molecule has 0 aromatic rings. The number of hydrogen-bond acceptors (Lipinski definition) is 4. The molecule has 0 radical (unpaired) electrons. The molecule has 2 amide bonds. The summed E-state index contributed by atoms with van der Waals surface area (Å²) in [7, 11) is 2.28. The van der Waals surface area contributed by atoms with Crippen LogP contribution < -0.4 is 0 Å². The summed E-state index contributed by atoms with van der Waals surface area (Å²) < 4.78 is 0. The van der Waals surface area contributed by atoms with Crippen LogP contribution in [0.25, 0.3) is 0 Å². The van der Waals surface area contributed by atoms with Crippen molar-refractivity contribution in [2.75, 3.05) is 0 Å². The van der Waals surface area contributed by atoms with Crippen LogP contribution in [0.1, 0.15) is 26.7 Å². The molecule has 0 bridgehead atoms. The zero-order valence-electron chi connectivity index (χ0n) is 8.07. The van der Waals surface area contributed by atoms with Gasteiger partial charge < -0.3 is 4.84 Å². The molecule has 1 unspecified atom stereocenters. The first-order valence-electron chi connectivity index (χ1n) is 4.19. The van der Waals surface area contributed by atoms with Crippen LogP contribution in [0.3, 0.4) is 0 Å². The normalized spacial score (nSPS) is 17.5. The lowest BCUT2D eigenvalue weighted by Gasteiger charge is -2.19.